The Bertz CT molecular complexity index is 1210. The fourth-order valence-corrected chi connectivity index (χ4v) is 4.40. The minimum Gasteiger partial charge on any atom is -0.273 e. The van der Waals surface area contributed by atoms with Crippen molar-refractivity contribution in [1.82, 2.24) is 0 Å². The SMILES string of the molecule is Cc1ccccc1N1OC2C(=O)N(c3ccccc3)C(=O)C2C1c1ccc([N+](=O)[O-])cc1. The van der Waals surface area contributed by atoms with Gasteiger partial charge in [0, 0.05) is 12.1 Å². The average molecular weight is 429 g/mol. The number of nitrogens with zero attached hydrogens (tertiary/aromatic N) is 3. The lowest BCUT2D eigenvalue weighted by molar-refractivity contribution is -0.384. The van der Waals surface area contributed by atoms with Crippen molar-refractivity contribution >= 4 is 28.9 Å². The van der Waals surface area contributed by atoms with E-state index in [9.17, 15) is 19.7 Å². The molecule has 3 atom stereocenters. The number of benzene rings is 3. The molecule has 3 aromatic rings. The topological polar surface area (TPSA) is 93.0 Å². The number of anilines is 2. The summed E-state index contributed by atoms with van der Waals surface area (Å²) in [6.07, 6.45) is -0.984. The Labute approximate surface area is 183 Å². The summed E-state index contributed by atoms with van der Waals surface area (Å²) in [6.45, 7) is 1.92. The van der Waals surface area contributed by atoms with Gasteiger partial charge in [0.25, 0.3) is 11.6 Å². The molecule has 3 unspecified atom stereocenters. The fraction of sp³-hybridized carbons (Fsp3) is 0.167. The summed E-state index contributed by atoms with van der Waals surface area (Å²) in [5, 5.41) is 12.7. The predicted molar refractivity (Wildman–Crippen MR) is 117 cm³/mol. The van der Waals surface area contributed by atoms with E-state index in [1.54, 1.807) is 41.5 Å². The van der Waals surface area contributed by atoms with E-state index in [1.807, 2.05) is 37.3 Å². The number of carbonyl (C=O) groups is 2. The largest absolute Gasteiger partial charge is 0.273 e. The van der Waals surface area contributed by atoms with Crippen molar-refractivity contribution in [2.75, 3.05) is 9.96 Å². The van der Waals surface area contributed by atoms with Crippen LogP contribution < -0.4 is 9.96 Å². The van der Waals surface area contributed by atoms with Gasteiger partial charge in [-0.3, -0.25) is 24.5 Å². The molecule has 3 aromatic carbocycles. The van der Waals surface area contributed by atoms with Gasteiger partial charge in [-0.2, -0.15) is 0 Å². The lowest BCUT2D eigenvalue weighted by Gasteiger charge is -2.29. The third-order valence-electron chi connectivity index (χ3n) is 5.93. The Balaban J connectivity index is 1.60. The molecule has 2 heterocycles. The standard InChI is InChI=1S/C24H19N3O5/c1-15-7-5-6-10-19(15)26-21(16-11-13-18(14-12-16)27(30)31)20-22(32-26)24(29)25(23(20)28)17-8-3-2-4-9-17/h2-14,20-22H,1H3. The number of non-ortho nitro benzene ring substituents is 1. The first-order chi connectivity index (χ1) is 15.5. The van der Waals surface area contributed by atoms with Crippen molar-refractivity contribution in [2.45, 2.75) is 19.1 Å². The molecule has 0 saturated carbocycles. The lowest BCUT2D eigenvalue weighted by atomic mass is 9.90. The van der Waals surface area contributed by atoms with E-state index in [-0.39, 0.29) is 11.6 Å². The number of hydrogen-bond donors (Lipinski definition) is 0. The molecule has 0 bridgehead atoms. The summed E-state index contributed by atoms with van der Waals surface area (Å²) in [4.78, 5) is 44.7. The molecule has 2 aliphatic rings. The third-order valence-corrected chi connectivity index (χ3v) is 5.93. The maximum atomic E-state index is 13.5. The first-order valence-electron chi connectivity index (χ1n) is 10.2. The number of nitro groups is 1. The zero-order chi connectivity index (χ0) is 22.4. The molecule has 2 fully saturated rings. The van der Waals surface area contributed by atoms with Crippen LogP contribution in [-0.4, -0.2) is 22.8 Å². The highest BCUT2D eigenvalue weighted by atomic mass is 16.7. The van der Waals surface area contributed by atoms with Crippen molar-refractivity contribution < 1.29 is 19.3 Å². The number of carbonyl (C=O) groups excluding carboxylic acids is 2. The van der Waals surface area contributed by atoms with E-state index in [0.29, 0.717) is 11.3 Å². The molecule has 0 N–H and O–H groups in total. The smallest absolute Gasteiger partial charge is 0.269 e. The van der Waals surface area contributed by atoms with Crippen LogP contribution in [0.15, 0.2) is 78.9 Å². The summed E-state index contributed by atoms with van der Waals surface area (Å²) in [5.74, 6) is -1.57. The average Bonchev–Trinajstić information content (AvgIpc) is 3.30. The van der Waals surface area contributed by atoms with Gasteiger partial charge in [-0.15, -0.1) is 0 Å². The molecule has 8 nitrogen and oxygen atoms in total. The van der Waals surface area contributed by atoms with Crippen molar-refractivity contribution in [1.29, 1.82) is 0 Å². The Morgan fingerprint density at radius 3 is 2.19 bits per heavy atom. The summed E-state index contributed by atoms with van der Waals surface area (Å²) < 4.78 is 0. The highest BCUT2D eigenvalue weighted by Gasteiger charge is 2.60. The van der Waals surface area contributed by atoms with Gasteiger partial charge in [-0.1, -0.05) is 48.5 Å². The second kappa shape index (κ2) is 7.58. The van der Waals surface area contributed by atoms with Gasteiger partial charge in [-0.25, -0.2) is 9.96 Å². The molecule has 2 saturated heterocycles. The molecular formula is C24H19N3O5. The minimum absolute atomic E-state index is 0.0496. The van der Waals surface area contributed by atoms with Crippen LogP contribution in [0.25, 0.3) is 0 Å². The zero-order valence-electron chi connectivity index (χ0n) is 17.1. The number of nitro benzene ring substituents is 1. The van der Waals surface area contributed by atoms with Crippen LogP contribution in [0.1, 0.15) is 17.2 Å². The zero-order valence-corrected chi connectivity index (χ0v) is 17.1. The van der Waals surface area contributed by atoms with E-state index in [2.05, 4.69) is 0 Å². The summed E-state index contributed by atoms with van der Waals surface area (Å²) in [5.41, 5.74) is 2.75. The van der Waals surface area contributed by atoms with Crippen LogP contribution in [0.4, 0.5) is 17.1 Å². The second-order valence-corrected chi connectivity index (χ2v) is 7.80. The summed E-state index contributed by atoms with van der Waals surface area (Å²) in [7, 11) is 0. The van der Waals surface area contributed by atoms with E-state index in [1.165, 1.54) is 17.0 Å². The van der Waals surface area contributed by atoms with E-state index in [0.717, 1.165) is 11.3 Å². The molecule has 32 heavy (non-hydrogen) atoms. The number of amides is 2. The number of hydrogen-bond acceptors (Lipinski definition) is 6. The number of rotatable bonds is 4. The Kier molecular flexibility index (Phi) is 4.71. The highest BCUT2D eigenvalue weighted by molar-refractivity contribution is 6.23. The summed E-state index contributed by atoms with van der Waals surface area (Å²) in [6, 6.07) is 21.7. The number of fused-ring (bicyclic) bond motifs is 1. The molecule has 0 spiro atoms. The lowest BCUT2D eigenvalue weighted by Crippen LogP contribution is -2.37. The highest BCUT2D eigenvalue weighted by Crippen LogP contribution is 2.48. The minimum atomic E-state index is -0.984. The van der Waals surface area contributed by atoms with Gasteiger partial charge >= 0.3 is 0 Å². The molecule has 2 amide bonds. The molecule has 2 aliphatic heterocycles. The van der Waals surface area contributed by atoms with E-state index in [4.69, 9.17) is 4.84 Å². The Hall–Kier alpha value is -4.04. The van der Waals surface area contributed by atoms with Crippen LogP contribution in [0, 0.1) is 23.0 Å². The normalized spacial score (nSPS) is 22.3. The third kappa shape index (κ3) is 3.04. The number of aryl methyl sites for hydroxylation is 1. The maximum Gasteiger partial charge on any atom is 0.269 e. The van der Waals surface area contributed by atoms with Gasteiger partial charge in [0.05, 0.1) is 22.3 Å². The first-order valence-corrected chi connectivity index (χ1v) is 10.2. The maximum absolute atomic E-state index is 13.5. The van der Waals surface area contributed by atoms with E-state index < -0.39 is 28.9 Å². The first kappa shape index (κ1) is 19.9. The second-order valence-electron chi connectivity index (χ2n) is 7.80. The molecule has 8 heteroatoms. The van der Waals surface area contributed by atoms with Crippen LogP contribution in [0.2, 0.25) is 0 Å². The fourth-order valence-electron chi connectivity index (χ4n) is 4.40. The van der Waals surface area contributed by atoms with Crippen molar-refractivity contribution in [3.63, 3.8) is 0 Å². The van der Waals surface area contributed by atoms with Gasteiger partial charge < -0.3 is 0 Å². The van der Waals surface area contributed by atoms with Crippen molar-refractivity contribution in [3.05, 3.63) is 100 Å². The number of imide groups is 1. The molecule has 0 radical (unpaired) electrons. The molecule has 0 aliphatic carbocycles. The Morgan fingerprint density at radius 1 is 0.875 bits per heavy atom. The van der Waals surface area contributed by atoms with E-state index >= 15 is 0 Å². The van der Waals surface area contributed by atoms with Gasteiger partial charge in [0.1, 0.15) is 5.92 Å². The van der Waals surface area contributed by atoms with Crippen LogP contribution in [-0.2, 0) is 14.4 Å². The molecular weight excluding hydrogens is 410 g/mol. The summed E-state index contributed by atoms with van der Waals surface area (Å²) >= 11 is 0. The van der Waals surface area contributed by atoms with Crippen molar-refractivity contribution in [2.24, 2.45) is 5.92 Å². The number of hydroxylamine groups is 1. The van der Waals surface area contributed by atoms with Crippen molar-refractivity contribution in [3.8, 4) is 0 Å². The van der Waals surface area contributed by atoms with Gasteiger partial charge in [0.15, 0.2) is 6.10 Å². The number of para-hydroxylation sites is 2. The van der Waals surface area contributed by atoms with Gasteiger partial charge in [-0.05, 0) is 36.2 Å². The predicted octanol–water partition coefficient (Wildman–Crippen LogP) is 3.95. The molecule has 0 aromatic heterocycles. The van der Waals surface area contributed by atoms with Gasteiger partial charge in [0.2, 0.25) is 5.91 Å². The quantitative estimate of drug-likeness (QED) is 0.354. The Morgan fingerprint density at radius 2 is 1.53 bits per heavy atom. The van der Waals surface area contributed by atoms with Crippen LogP contribution in [0.3, 0.4) is 0 Å². The van der Waals surface area contributed by atoms with Crippen LogP contribution >= 0.6 is 0 Å². The van der Waals surface area contributed by atoms with Crippen LogP contribution in [0.5, 0.6) is 0 Å². The monoisotopic (exact) mass is 429 g/mol. The molecule has 5 rings (SSSR count). The molecule has 160 valence electrons.